The lowest BCUT2D eigenvalue weighted by molar-refractivity contribution is 0.00698. The van der Waals surface area contributed by atoms with Gasteiger partial charge < -0.3 is 15.4 Å². The molecule has 2 N–H and O–H groups in total. The second-order valence-electron chi connectivity index (χ2n) is 8.09. The topological polar surface area (TPSA) is 91.0 Å². The van der Waals surface area contributed by atoms with Gasteiger partial charge in [-0.25, -0.2) is 17.5 Å². The quantitative estimate of drug-likeness (QED) is 0.640. The second kappa shape index (κ2) is 11.1. The number of nitrogens with zero attached hydrogens (tertiary/aromatic N) is 2. The molecule has 3 rings (SSSR count). The Hall–Kier alpha value is -1.68. The molecular weight excluding hydrogens is 404 g/mol. The van der Waals surface area contributed by atoms with Crippen LogP contribution in [0.25, 0.3) is 0 Å². The Morgan fingerprint density at radius 3 is 2.57 bits per heavy atom. The molecule has 0 aliphatic carbocycles. The molecule has 1 aromatic rings. The summed E-state index contributed by atoms with van der Waals surface area (Å²) in [5.41, 5.74) is 1.06. The van der Waals surface area contributed by atoms with Crippen molar-refractivity contribution in [1.29, 1.82) is 0 Å². The van der Waals surface area contributed by atoms with Crippen LogP contribution in [-0.2, 0) is 21.3 Å². The molecule has 9 heteroatoms. The Morgan fingerprint density at radius 1 is 1.13 bits per heavy atom. The van der Waals surface area contributed by atoms with Crippen LogP contribution in [0.4, 0.5) is 4.79 Å². The zero-order valence-electron chi connectivity index (χ0n) is 17.8. The first-order valence-corrected chi connectivity index (χ1v) is 12.6. The summed E-state index contributed by atoms with van der Waals surface area (Å²) >= 11 is 0. The summed E-state index contributed by atoms with van der Waals surface area (Å²) in [6.07, 6.45) is 5.00. The number of urea groups is 1. The minimum absolute atomic E-state index is 0.172. The molecule has 1 aromatic carbocycles. The number of piperidine rings is 1. The van der Waals surface area contributed by atoms with Gasteiger partial charge >= 0.3 is 6.03 Å². The Labute approximate surface area is 180 Å². The average molecular weight is 439 g/mol. The lowest BCUT2D eigenvalue weighted by Crippen LogP contribution is -2.55. The van der Waals surface area contributed by atoms with Crippen LogP contribution in [-0.4, -0.2) is 81.4 Å². The fraction of sp³-hybridized carbons (Fsp3) is 0.667. The van der Waals surface area contributed by atoms with Crippen molar-refractivity contribution in [2.75, 3.05) is 45.6 Å². The maximum atomic E-state index is 12.2. The first-order valence-electron chi connectivity index (χ1n) is 10.8. The minimum Gasteiger partial charge on any atom is -0.381 e. The Morgan fingerprint density at radius 2 is 1.87 bits per heavy atom. The van der Waals surface area contributed by atoms with Crippen LogP contribution in [0.5, 0.6) is 0 Å². The number of amides is 2. The van der Waals surface area contributed by atoms with Gasteiger partial charge in [-0.3, -0.25) is 4.90 Å². The highest BCUT2D eigenvalue weighted by Gasteiger charge is 2.33. The fourth-order valence-electron chi connectivity index (χ4n) is 4.31. The predicted octanol–water partition coefficient (Wildman–Crippen LogP) is 1.39. The van der Waals surface area contributed by atoms with E-state index >= 15 is 0 Å². The molecule has 1 unspecified atom stereocenters. The number of rotatable bonds is 8. The first-order chi connectivity index (χ1) is 14.4. The maximum Gasteiger partial charge on any atom is 0.315 e. The molecule has 2 fully saturated rings. The molecule has 30 heavy (non-hydrogen) atoms. The van der Waals surface area contributed by atoms with Crippen molar-refractivity contribution in [2.45, 2.75) is 44.3 Å². The highest BCUT2D eigenvalue weighted by molar-refractivity contribution is 7.88. The van der Waals surface area contributed by atoms with Crippen LogP contribution in [0.2, 0.25) is 0 Å². The molecule has 2 amide bonds. The van der Waals surface area contributed by atoms with Gasteiger partial charge in [0.25, 0.3) is 0 Å². The van der Waals surface area contributed by atoms with Gasteiger partial charge in [0.05, 0.1) is 6.26 Å². The molecular formula is C21H34N4O4S. The van der Waals surface area contributed by atoms with E-state index in [1.165, 1.54) is 6.26 Å². The van der Waals surface area contributed by atoms with E-state index in [9.17, 15) is 13.2 Å². The lowest BCUT2D eigenvalue weighted by atomic mass is 9.99. The number of carbonyl (C=O) groups excluding carboxylic acids is 1. The zero-order valence-corrected chi connectivity index (χ0v) is 18.6. The van der Waals surface area contributed by atoms with Gasteiger partial charge in [-0.2, -0.15) is 0 Å². The summed E-state index contributed by atoms with van der Waals surface area (Å²) in [5.74, 6) is 0. The van der Waals surface area contributed by atoms with Crippen molar-refractivity contribution in [1.82, 2.24) is 19.8 Å². The molecule has 2 aliphatic heterocycles. The van der Waals surface area contributed by atoms with Gasteiger partial charge in [-0.15, -0.1) is 0 Å². The third-order valence-electron chi connectivity index (χ3n) is 5.91. The van der Waals surface area contributed by atoms with Gasteiger partial charge in [0, 0.05) is 58.0 Å². The van der Waals surface area contributed by atoms with Gasteiger partial charge in [0.1, 0.15) is 0 Å². The largest absolute Gasteiger partial charge is 0.381 e. The van der Waals surface area contributed by atoms with Crippen LogP contribution in [0.1, 0.15) is 31.2 Å². The molecule has 2 heterocycles. The minimum atomic E-state index is -3.19. The third kappa shape index (κ3) is 6.94. The highest BCUT2D eigenvalue weighted by Crippen LogP contribution is 2.24. The van der Waals surface area contributed by atoms with Gasteiger partial charge in [0.15, 0.2) is 0 Å². The van der Waals surface area contributed by atoms with Gasteiger partial charge in [-0.05, 0) is 31.2 Å². The SMILES string of the molecule is CS(=O)(=O)N1CCCC(N(CCNC(=O)NCc2ccccc2)C2CCOCC2)C1. The highest BCUT2D eigenvalue weighted by atomic mass is 32.2. The predicted molar refractivity (Wildman–Crippen MR) is 117 cm³/mol. The molecule has 0 aromatic heterocycles. The van der Waals surface area contributed by atoms with E-state index in [1.807, 2.05) is 30.3 Å². The number of sulfonamides is 1. The number of hydrogen-bond acceptors (Lipinski definition) is 5. The van der Waals surface area contributed by atoms with Crippen LogP contribution >= 0.6 is 0 Å². The van der Waals surface area contributed by atoms with E-state index in [-0.39, 0.29) is 12.1 Å². The fourth-order valence-corrected chi connectivity index (χ4v) is 5.22. The number of nitrogens with one attached hydrogen (secondary N) is 2. The van der Waals surface area contributed by atoms with Crippen molar-refractivity contribution >= 4 is 16.1 Å². The number of carbonyl (C=O) groups is 1. The summed E-state index contributed by atoms with van der Waals surface area (Å²) in [4.78, 5) is 14.6. The molecule has 168 valence electrons. The Kier molecular flexibility index (Phi) is 8.50. The summed E-state index contributed by atoms with van der Waals surface area (Å²) in [5, 5.41) is 5.83. The molecule has 2 saturated heterocycles. The lowest BCUT2D eigenvalue weighted by Gasteiger charge is -2.43. The summed E-state index contributed by atoms with van der Waals surface area (Å²) in [7, 11) is -3.19. The van der Waals surface area contributed by atoms with E-state index in [0.29, 0.717) is 38.8 Å². The first kappa shape index (κ1) is 23.0. The number of benzene rings is 1. The van der Waals surface area contributed by atoms with E-state index < -0.39 is 10.0 Å². The monoisotopic (exact) mass is 438 g/mol. The molecule has 2 aliphatic rings. The van der Waals surface area contributed by atoms with Crippen molar-refractivity contribution in [3.63, 3.8) is 0 Å². The Bertz CT molecular complexity index is 768. The Balaban J connectivity index is 1.53. The molecule has 0 bridgehead atoms. The normalized spacial score (nSPS) is 21.5. The van der Waals surface area contributed by atoms with E-state index in [2.05, 4.69) is 15.5 Å². The second-order valence-corrected chi connectivity index (χ2v) is 10.1. The summed E-state index contributed by atoms with van der Waals surface area (Å²) < 4.78 is 31.2. The van der Waals surface area contributed by atoms with Crippen molar-refractivity contribution in [3.8, 4) is 0 Å². The van der Waals surface area contributed by atoms with Crippen LogP contribution in [0.15, 0.2) is 30.3 Å². The number of hydrogen-bond donors (Lipinski definition) is 2. The van der Waals surface area contributed by atoms with Crippen LogP contribution in [0.3, 0.4) is 0 Å². The van der Waals surface area contributed by atoms with Crippen LogP contribution < -0.4 is 10.6 Å². The molecule has 0 spiro atoms. The molecule has 0 saturated carbocycles. The van der Waals surface area contributed by atoms with E-state index in [4.69, 9.17) is 4.74 Å². The van der Waals surface area contributed by atoms with Crippen molar-refractivity contribution in [3.05, 3.63) is 35.9 Å². The summed E-state index contributed by atoms with van der Waals surface area (Å²) in [6, 6.07) is 10.1. The summed E-state index contributed by atoms with van der Waals surface area (Å²) in [6.45, 7) is 4.29. The van der Waals surface area contributed by atoms with Crippen molar-refractivity contribution in [2.24, 2.45) is 0 Å². The van der Waals surface area contributed by atoms with E-state index in [1.54, 1.807) is 4.31 Å². The van der Waals surface area contributed by atoms with Crippen LogP contribution in [0, 0.1) is 0 Å². The van der Waals surface area contributed by atoms with Crippen molar-refractivity contribution < 1.29 is 17.9 Å². The molecule has 0 radical (unpaired) electrons. The van der Waals surface area contributed by atoms with Gasteiger partial charge in [0.2, 0.25) is 10.0 Å². The third-order valence-corrected chi connectivity index (χ3v) is 7.18. The average Bonchev–Trinajstić information content (AvgIpc) is 2.76. The zero-order chi connectivity index (χ0) is 21.4. The smallest absolute Gasteiger partial charge is 0.315 e. The molecule has 8 nitrogen and oxygen atoms in total. The maximum absolute atomic E-state index is 12.2. The standard InChI is InChI=1S/C21H34N4O4S/c1-30(27,28)24-12-5-8-20(17-24)25(19-9-14-29-15-10-19)13-11-22-21(26)23-16-18-6-3-2-4-7-18/h2-4,6-7,19-20H,5,8-17H2,1H3,(H2,22,23,26). The van der Waals surface area contributed by atoms with Gasteiger partial charge in [-0.1, -0.05) is 30.3 Å². The molecule has 1 atom stereocenters. The number of ether oxygens (including phenoxy) is 1. The van der Waals surface area contributed by atoms with E-state index in [0.717, 1.165) is 44.5 Å².